The molecule has 0 saturated carbocycles. The van der Waals surface area contributed by atoms with Crippen LogP contribution in [0.4, 0.5) is 0 Å². The highest BCUT2D eigenvalue weighted by Gasteiger charge is 2.21. The van der Waals surface area contributed by atoms with E-state index >= 15 is 0 Å². The van der Waals surface area contributed by atoms with Crippen molar-refractivity contribution in [1.82, 2.24) is 5.32 Å². The van der Waals surface area contributed by atoms with E-state index < -0.39 is 0 Å². The first kappa shape index (κ1) is 16.9. The quantitative estimate of drug-likeness (QED) is 0.523. The lowest BCUT2D eigenvalue weighted by Crippen LogP contribution is -2.33. The Morgan fingerprint density at radius 3 is 2.35 bits per heavy atom. The Morgan fingerprint density at radius 2 is 1.76 bits per heavy atom. The molecule has 0 aliphatic carbocycles. The monoisotopic (exact) mass is 243 g/mol. The van der Waals surface area contributed by atoms with Gasteiger partial charge < -0.3 is 10.1 Å². The standard InChI is InChI=1S/C15H33NO/c1-5-7-8-9-11-15(3,10-6-2)14-16-12-13-17-4/h16H,5-14H2,1-4H3. The minimum Gasteiger partial charge on any atom is -0.383 e. The van der Waals surface area contributed by atoms with E-state index in [1.807, 2.05) is 0 Å². The van der Waals surface area contributed by atoms with Crippen molar-refractivity contribution in [2.24, 2.45) is 5.41 Å². The van der Waals surface area contributed by atoms with Gasteiger partial charge in [-0.3, -0.25) is 0 Å². The van der Waals surface area contributed by atoms with Crippen LogP contribution in [-0.4, -0.2) is 26.8 Å². The molecule has 17 heavy (non-hydrogen) atoms. The maximum absolute atomic E-state index is 5.07. The molecule has 104 valence electrons. The number of methoxy groups -OCH3 is 1. The maximum Gasteiger partial charge on any atom is 0.0587 e. The Kier molecular flexibility index (Phi) is 11.0. The summed E-state index contributed by atoms with van der Waals surface area (Å²) in [6, 6.07) is 0. The van der Waals surface area contributed by atoms with E-state index in [2.05, 4.69) is 26.1 Å². The fourth-order valence-electron chi connectivity index (χ4n) is 2.45. The van der Waals surface area contributed by atoms with E-state index in [0.717, 1.165) is 19.7 Å². The van der Waals surface area contributed by atoms with E-state index in [1.165, 1.54) is 44.9 Å². The fraction of sp³-hybridized carbons (Fsp3) is 1.00. The predicted molar refractivity (Wildman–Crippen MR) is 76.5 cm³/mol. The molecule has 0 aliphatic rings. The van der Waals surface area contributed by atoms with Crippen LogP contribution in [0.2, 0.25) is 0 Å². The molecule has 0 spiro atoms. The van der Waals surface area contributed by atoms with Crippen LogP contribution in [-0.2, 0) is 4.74 Å². The average molecular weight is 243 g/mol. The molecule has 2 nitrogen and oxygen atoms in total. The Hall–Kier alpha value is -0.0800. The molecule has 0 fully saturated rings. The van der Waals surface area contributed by atoms with Crippen molar-refractivity contribution in [1.29, 1.82) is 0 Å². The van der Waals surface area contributed by atoms with Gasteiger partial charge in [0.1, 0.15) is 0 Å². The van der Waals surface area contributed by atoms with E-state index in [4.69, 9.17) is 4.74 Å². The Balaban J connectivity index is 3.80. The molecule has 0 heterocycles. The molecule has 0 aromatic carbocycles. The largest absolute Gasteiger partial charge is 0.383 e. The van der Waals surface area contributed by atoms with Crippen molar-refractivity contribution in [2.75, 3.05) is 26.8 Å². The van der Waals surface area contributed by atoms with Crippen molar-refractivity contribution in [3.63, 3.8) is 0 Å². The highest BCUT2D eigenvalue weighted by Crippen LogP contribution is 2.29. The van der Waals surface area contributed by atoms with Crippen LogP contribution in [0.15, 0.2) is 0 Å². The van der Waals surface area contributed by atoms with Crippen LogP contribution in [0.5, 0.6) is 0 Å². The predicted octanol–water partition coefficient (Wildman–Crippen LogP) is 4.00. The summed E-state index contributed by atoms with van der Waals surface area (Å²) in [5.74, 6) is 0. The molecule has 0 radical (unpaired) electrons. The summed E-state index contributed by atoms with van der Waals surface area (Å²) >= 11 is 0. The van der Waals surface area contributed by atoms with Crippen molar-refractivity contribution < 1.29 is 4.74 Å². The van der Waals surface area contributed by atoms with E-state index in [9.17, 15) is 0 Å². The summed E-state index contributed by atoms with van der Waals surface area (Å²) in [6.45, 7) is 9.93. The van der Waals surface area contributed by atoms with Gasteiger partial charge in [0.05, 0.1) is 6.61 Å². The van der Waals surface area contributed by atoms with Gasteiger partial charge >= 0.3 is 0 Å². The van der Waals surface area contributed by atoms with Crippen LogP contribution in [0.1, 0.15) is 65.7 Å². The number of ether oxygens (including phenoxy) is 1. The molecule has 0 aromatic heterocycles. The minimum atomic E-state index is 0.482. The van der Waals surface area contributed by atoms with Gasteiger partial charge in [0.15, 0.2) is 0 Å². The summed E-state index contributed by atoms with van der Waals surface area (Å²) < 4.78 is 5.07. The Labute approximate surface area is 109 Å². The topological polar surface area (TPSA) is 21.3 Å². The van der Waals surface area contributed by atoms with Gasteiger partial charge in [0.25, 0.3) is 0 Å². The average Bonchev–Trinajstić information content (AvgIpc) is 2.31. The van der Waals surface area contributed by atoms with Gasteiger partial charge in [-0.1, -0.05) is 52.9 Å². The molecule has 0 saturated heterocycles. The zero-order chi connectivity index (χ0) is 13.0. The Bertz CT molecular complexity index is 147. The number of rotatable bonds is 12. The lowest BCUT2D eigenvalue weighted by Gasteiger charge is -2.30. The molecule has 0 rings (SSSR count). The summed E-state index contributed by atoms with van der Waals surface area (Å²) in [5, 5.41) is 3.53. The lowest BCUT2D eigenvalue weighted by atomic mass is 9.80. The van der Waals surface area contributed by atoms with Gasteiger partial charge in [-0.25, -0.2) is 0 Å². The van der Waals surface area contributed by atoms with Gasteiger partial charge in [-0.05, 0) is 18.3 Å². The normalized spacial score (nSPS) is 14.8. The molecule has 1 atom stereocenters. The van der Waals surface area contributed by atoms with Crippen molar-refractivity contribution in [2.45, 2.75) is 65.7 Å². The second-order valence-electron chi connectivity index (χ2n) is 5.54. The van der Waals surface area contributed by atoms with Crippen molar-refractivity contribution in [3.8, 4) is 0 Å². The lowest BCUT2D eigenvalue weighted by molar-refractivity contribution is 0.186. The molecule has 0 aromatic rings. The Morgan fingerprint density at radius 1 is 1.00 bits per heavy atom. The molecular weight excluding hydrogens is 210 g/mol. The molecule has 2 heteroatoms. The number of hydrogen-bond acceptors (Lipinski definition) is 2. The first-order valence-electron chi connectivity index (χ1n) is 7.38. The number of nitrogens with one attached hydrogen (secondary N) is 1. The molecule has 0 bridgehead atoms. The highest BCUT2D eigenvalue weighted by molar-refractivity contribution is 4.76. The minimum absolute atomic E-state index is 0.482. The van der Waals surface area contributed by atoms with E-state index in [1.54, 1.807) is 7.11 Å². The van der Waals surface area contributed by atoms with Gasteiger partial charge in [0.2, 0.25) is 0 Å². The van der Waals surface area contributed by atoms with Crippen LogP contribution in [0.25, 0.3) is 0 Å². The van der Waals surface area contributed by atoms with E-state index in [-0.39, 0.29) is 0 Å². The third-order valence-electron chi connectivity index (χ3n) is 3.52. The summed E-state index contributed by atoms with van der Waals surface area (Å²) in [5.41, 5.74) is 0.482. The molecular formula is C15H33NO. The van der Waals surface area contributed by atoms with Crippen LogP contribution >= 0.6 is 0 Å². The second-order valence-corrected chi connectivity index (χ2v) is 5.54. The van der Waals surface area contributed by atoms with Crippen LogP contribution in [0.3, 0.4) is 0 Å². The summed E-state index contributed by atoms with van der Waals surface area (Å²) in [7, 11) is 1.76. The van der Waals surface area contributed by atoms with Gasteiger partial charge in [-0.15, -0.1) is 0 Å². The zero-order valence-corrected chi connectivity index (χ0v) is 12.5. The zero-order valence-electron chi connectivity index (χ0n) is 12.5. The highest BCUT2D eigenvalue weighted by atomic mass is 16.5. The van der Waals surface area contributed by atoms with Crippen molar-refractivity contribution >= 4 is 0 Å². The van der Waals surface area contributed by atoms with Gasteiger partial charge in [0, 0.05) is 20.2 Å². The third kappa shape index (κ3) is 9.61. The third-order valence-corrected chi connectivity index (χ3v) is 3.52. The van der Waals surface area contributed by atoms with Crippen molar-refractivity contribution in [3.05, 3.63) is 0 Å². The molecule has 1 unspecified atom stereocenters. The SMILES string of the molecule is CCCCCCC(C)(CCC)CNCCOC. The van der Waals surface area contributed by atoms with E-state index in [0.29, 0.717) is 5.41 Å². The second kappa shape index (κ2) is 11.0. The smallest absolute Gasteiger partial charge is 0.0587 e. The number of unbranched alkanes of at least 4 members (excludes halogenated alkanes) is 3. The number of hydrogen-bond donors (Lipinski definition) is 1. The first-order valence-corrected chi connectivity index (χ1v) is 7.38. The van der Waals surface area contributed by atoms with Crippen LogP contribution in [0, 0.1) is 5.41 Å². The maximum atomic E-state index is 5.07. The summed E-state index contributed by atoms with van der Waals surface area (Å²) in [4.78, 5) is 0. The van der Waals surface area contributed by atoms with Crippen LogP contribution < -0.4 is 5.32 Å². The first-order chi connectivity index (χ1) is 8.18. The molecule has 0 aliphatic heterocycles. The summed E-state index contributed by atoms with van der Waals surface area (Å²) in [6.07, 6.45) is 9.48. The fourth-order valence-corrected chi connectivity index (χ4v) is 2.45. The van der Waals surface area contributed by atoms with Gasteiger partial charge in [-0.2, -0.15) is 0 Å². The molecule has 1 N–H and O–H groups in total. The molecule has 0 amide bonds.